The van der Waals surface area contributed by atoms with Gasteiger partial charge < -0.3 is 23.7 Å². The molecule has 0 heterocycles. The van der Waals surface area contributed by atoms with Gasteiger partial charge in [-0.15, -0.1) is 6.58 Å². The first-order valence-electron chi connectivity index (χ1n) is 34.4. The molecule has 6 heteroatoms. The highest BCUT2D eigenvalue weighted by Gasteiger charge is 2.56. The Hall–Kier alpha value is -6.73. The number of rotatable bonds is 27. The standard InChI is InChI=1S/C48H62O4.C35H38O2/c1-4-19-38(47(49)50-5-2)24-17-9-7-6-8-10-18-25-40-33-48(3)44(30-31-45(48)52-35-37-22-15-12-16-23-37)43-28-26-39-32-41(27-29-42(39)46(40)43)51-34-36-20-13-11-14-21-36;1-3-10-28-22-35(2)32(19-20-33(35)37-24-26-13-8-5-9-14-26)31-17-15-27-21-29(16-18-30(27)34(28)31)36-23-25-11-6-4-7-12-25/h10-16,18,20-23,27,29,32,38,43-45H,4-9,17,19,24-26,28,30-31,33-35H2,1-3H3;3-9,11-14,16,18,21,31-33H,1,10,15,17,19-20,22-24H2,2H3/t38?,43?,44?,45-,48-;31?,32?,33-,35-/m00/s1. The molecule has 0 radical (unpaired) electrons. The van der Waals surface area contributed by atoms with E-state index in [1.165, 1.54) is 89.5 Å². The maximum absolute atomic E-state index is 12.3. The summed E-state index contributed by atoms with van der Waals surface area (Å²) in [4.78, 5) is 12.3. The highest BCUT2D eigenvalue weighted by Crippen LogP contribution is 2.63. The summed E-state index contributed by atoms with van der Waals surface area (Å²) >= 11 is 0. The van der Waals surface area contributed by atoms with Crippen molar-refractivity contribution >= 4 is 17.1 Å². The predicted octanol–water partition coefficient (Wildman–Crippen LogP) is 20.8. The first kappa shape index (κ1) is 63.8. The summed E-state index contributed by atoms with van der Waals surface area (Å²) in [6.45, 7) is 16.3. The highest BCUT2D eigenvalue weighted by molar-refractivity contribution is 5.78. The SMILES string of the molecule is C=CCC1=C2c3ccc(OCc4ccccc4)cc3CCC2C2CC[C@H](OCc3ccccc3)[C@@]2(C)C1.CCCC(CCCCCCC=CCC1=C2c3ccc(OCc4ccccc4)cc3CCC2C2CC[C@H](OCc3ccccc3)[C@@]2(C)C1)C(=O)OCC. The Kier molecular flexibility index (Phi) is 22.1. The number of hydrogen-bond donors (Lipinski definition) is 0. The number of hydrogen-bond acceptors (Lipinski definition) is 6. The Balaban J connectivity index is 0.000000194. The minimum Gasteiger partial charge on any atom is -0.489 e. The van der Waals surface area contributed by atoms with Crippen molar-refractivity contribution in [1.82, 2.24) is 0 Å². The number of carbonyl (C=O) groups is 1. The Bertz CT molecular complexity index is 3340. The third kappa shape index (κ3) is 15.4. The number of ether oxygens (including phenoxy) is 5. The molecule has 0 bridgehead atoms. The molecular formula is C83H100O6. The number of esters is 1. The molecule has 6 aromatic rings. The minimum absolute atomic E-state index is 0.00288. The molecular weight excluding hydrogens is 1090 g/mol. The van der Waals surface area contributed by atoms with Gasteiger partial charge in [-0.3, -0.25) is 4.79 Å². The van der Waals surface area contributed by atoms with Gasteiger partial charge in [0.25, 0.3) is 0 Å². The van der Waals surface area contributed by atoms with Crippen molar-refractivity contribution in [3.8, 4) is 11.5 Å². The van der Waals surface area contributed by atoms with E-state index < -0.39 is 0 Å². The first-order chi connectivity index (χ1) is 43.6. The smallest absolute Gasteiger partial charge is 0.308 e. The summed E-state index contributed by atoms with van der Waals surface area (Å²) in [5.41, 5.74) is 17.5. The van der Waals surface area contributed by atoms with Crippen LogP contribution in [0.1, 0.15) is 188 Å². The average molecular weight is 1190 g/mol. The maximum atomic E-state index is 12.3. The summed E-state index contributed by atoms with van der Waals surface area (Å²) in [5.74, 6) is 4.55. The fraction of sp³-hybridized carbons (Fsp3) is 0.458. The van der Waals surface area contributed by atoms with Crippen LogP contribution in [-0.2, 0) is 58.3 Å². The normalized spacial score (nSPS) is 24.3. The molecule has 0 amide bonds. The molecule has 0 saturated heterocycles. The topological polar surface area (TPSA) is 63.2 Å². The van der Waals surface area contributed by atoms with Crippen LogP contribution in [0.15, 0.2) is 194 Å². The molecule has 0 N–H and O–H groups in total. The molecule has 6 nitrogen and oxygen atoms in total. The van der Waals surface area contributed by atoms with Gasteiger partial charge in [-0.05, 0) is 213 Å². The van der Waals surface area contributed by atoms with E-state index in [2.05, 4.69) is 197 Å². The second-order valence-electron chi connectivity index (χ2n) is 27.2. The number of aryl methyl sites for hydroxylation is 2. The number of benzene rings is 6. The zero-order valence-corrected chi connectivity index (χ0v) is 54.1. The molecule has 468 valence electrons. The van der Waals surface area contributed by atoms with Crippen molar-refractivity contribution in [3.05, 3.63) is 238 Å². The van der Waals surface area contributed by atoms with E-state index in [0.29, 0.717) is 62.8 Å². The zero-order valence-electron chi connectivity index (χ0n) is 54.1. The Morgan fingerprint density at radius 1 is 0.528 bits per heavy atom. The molecule has 9 atom stereocenters. The first-order valence-corrected chi connectivity index (χ1v) is 34.4. The van der Waals surface area contributed by atoms with E-state index in [1.54, 1.807) is 22.3 Å². The van der Waals surface area contributed by atoms with Crippen molar-refractivity contribution in [2.45, 2.75) is 195 Å². The summed E-state index contributed by atoms with van der Waals surface area (Å²) in [6.07, 6.45) is 30.0. The molecule has 0 aliphatic heterocycles. The van der Waals surface area contributed by atoms with E-state index in [9.17, 15) is 4.79 Å². The van der Waals surface area contributed by atoms with E-state index >= 15 is 0 Å². The van der Waals surface area contributed by atoms with Crippen molar-refractivity contribution in [2.75, 3.05) is 6.61 Å². The summed E-state index contributed by atoms with van der Waals surface area (Å²) < 4.78 is 31.2. The molecule has 5 unspecified atom stereocenters. The molecule has 2 fully saturated rings. The quantitative estimate of drug-likeness (QED) is 0.0291. The summed E-state index contributed by atoms with van der Waals surface area (Å²) in [5, 5.41) is 0. The van der Waals surface area contributed by atoms with Crippen LogP contribution in [0, 0.1) is 40.4 Å². The van der Waals surface area contributed by atoms with Gasteiger partial charge in [0, 0.05) is 10.8 Å². The lowest BCUT2D eigenvalue weighted by atomic mass is 9.57. The lowest BCUT2D eigenvalue weighted by molar-refractivity contribution is -0.148. The highest BCUT2D eigenvalue weighted by atomic mass is 16.5. The third-order valence-electron chi connectivity index (χ3n) is 21.4. The predicted molar refractivity (Wildman–Crippen MR) is 364 cm³/mol. The Labute approximate surface area is 534 Å². The van der Waals surface area contributed by atoms with Crippen molar-refractivity contribution in [2.24, 2.45) is 40.4 Å². The molecule has 12 rings (SSSR count). The average Bonchev–Trinajstić information content (AvgIpc) is 1.71. The maximum Gasteiger partial charge on any atom is 0.308 e. The van der Waals surface area contributed by atoms with E-state index in [0.717, 1.165) is 95.0 Å². The second-order valence-corrected chi connectivity index (χ2v) is 27.2. The monoisotopic (exact) mass is 1190 g/mol. The van der Waals surface area contributed by atoms with Gasteiger partial charge in [-0.2, -0.15) is 0 Å². The van der Waals surface area contributed by atoms with Gasteiger partial charge in [0.05, 0.1) is 37.9 Å². The lowest BCUT2D eigenvalue weighted by Crippen LogP contribution is -2.42. The van der Waals surface area contributed by atoms with Gasteiger partial charge in [0.15, 0.2) is 0 Å². The Morgan fingerprint density at radius 3 is 1.45 bits per heavy atom. The number of carbonyl (C=O) groups excluding carboxylic acids is 1. The van der Waals surface area contributed by atoms with Crippen LogP contribution in [0.4, 0.5) is 0 Å². The Morgan fingerprint density at radius 2 is 0.989 bits per heavy atom. The largest absolute Gasteiger partial charge is 0.489 e. The van der Waals surface area contributed by atoms with Crippen LogP contribution in [0.2, 0.25) is 0 Å². The van der Waals surface area contributed by atoms with Crippen LogP contribution >= 0.6 is 0 Å². The third-order valence-corrected chi connectivity index (χ3v) is 21.4. The summed E-state index contributed by atoms with van der Waals surface area (Å²) in [7, 11) is 0. The molecule has 6 aromatic carbocycles. The van der Waals surface area contributed by atoms with Crippen LogP contribution in [0.3, 0.4) is 0 Å². The van der Waals surface area contributed by atoms with Crippen LogP contribution in [0.5, 0.6) is 11.5 Å². The fourth-order valence-corrected chi connectivity index (χ4v) is 17.1. The van der Waals surface area contributed by atoms with Gasteiger partial charge in [0.2, 0.25) is 0 Å². The van der Waals surface area contributed by atoms with Gasteiger partial charge in [-0.25, -0.2) is 0 Å². The van der Waals surface area contributed by atoms with Gasteiger partial charge in [0.1, 0.15) is 24.7 Å². The zero-order chi connectivity index (χ0) is 61.4. The molecule has 6 aliphatic rings. The molecule has 89 heavy (non-hydrogen) atoms. The van der Waals surface area contributed by atoms with Crippen molar-refractivity contribution in [1.29, 1.82) is 0 Å². The summed E-state index contributed by atoms with van der Waals surface area (Å²) in [6, 6.07) is 55.9. The van der Waals surface area contributed by atoms with E-state index in [4.69, 9.17) is 23.7 Å². The molecule has 6 aliphatic carbocycles. The van der Waals surface area contributed by atoms with E-state index in [-0.39, 0.29) is 28.8 Å². The molecule has 0 spiro atoms. The van der Waals surface area contributed by atoms with Crippen molar-refractivity contribution < 1.29 is 28.5 Å². The van der Waals surface area contributed by atoms with E-state index in [1.807, 2.05) is 13.0 Å². The number of allylic oxidation sites excluding steroid dienone is 7. The van der Waals surface area contributed by atoms with Gasteiger partial charge in [-0.1, -0.05) is 209 Å². The van der Waals surface area contributed by atoms with Crippen LogP contribution in [-0.4, -0.2) is 24.8 Å². The number of fused-ring (bicyclic) bond motifs is 10. The van der Waals surface area contributed by atoms with Gasteiger partial charge >= 0.3 is 5.97 Å². The fourth-order valence-electron chi connectivity index (χ4n) is 17.1. The number of unbranched alkanes of at least 4 members (excludes halogenated alkanes) is 4. The van der Waals surface area contributed by atoms with Crippen LogP contribution in [0.25, 0.3) is 11.1 Å². The van der Waals surface area contributed by atoms with Crippen LogP contribution < -0.4 is 9.47 Å². The van der Waals surface area contributed by atoms with Crippen molar-refractivity contribution in [3.63, 3.8) is 0 Å². The molecule has 2 saturated carbocycles. The minimum atomic E-state index is -0.00288. The second kappa shape index (κ2) is 30.9. The molecule has 0 aromatic heterocycles. The lowest BCUT2D eigenvalue weighted by Gasteiger charge is -2.48.